The summed E-state index contributed by atoms with van der Waals surface area (Å²) in [5.41, 5.74) is 0.552. The van der Waals surface area contributed by atoms with Crippen molar-refractivity contribution >= 4 is 11.3 Å². The van der Waals surface area contributed by atoms with Gasteiger partial charge in [-0.05, 0) is 19.1 Å². The van der Waals surface area contributed by atoms with E-state index in [1.165, 1.54) is 6.07 Å². The lowest BCUT2D eigenvalue weighted by atomic mass is 10.1. The molecule has 1 aromatic heterocycles. The van der Waals surface area contributed by atoms with Gasteiger partial charge in [0.15, 0.2) is 0 Å². The first kappa shape index (κ1) is 13.0. The van der Waals surface area contributed by atoms with Crippen molar-refractivity contribution in [2.24, 2.45) is 0 Å². The van der Waals surface area contributed by atoms with Crippen molar-refractivity contribution in [2.75, 3.05) is 7.11 Å². The second-order valence-corrected chi connectivity index (χ2v) is 4.86. The molecule has 1 N–H and O–H groups in total. The van der Waals surface area contributed by atoms with E-state index in [9.17, 15) is 4.39 Å². The minimum atomic E-state index is -0.256. The second-order valence-electron chi connectivity index (χ2n) is 3.88. The molecule has 1 unspecified atom stereocenters. The summed E-state index contributed by atoms with van der Waals surface area (Å²) in [5, 5.41) is 6.15. The molecule has 1 atom stereocenters. The van der Waals surface area contributed by atoms with E-state index < -0.39 is 0 Å². The summed E-state index contributed by atoms with van der Waals surface area (Å²) in [5.74, 6) is 0.308. The summed E-state index contributed by atoms with van der Waals surface area (Å²) in [4.78, 5) is 4.18. The largest absolute Gasteiger partial charge is 0.496 e. The lowest BCUT2D eigenvalue weighted by Gasteiger charge is -2.17. The molecule has 2 aromatic rings. The van der Waals surface area contributed by atoms with Gasteiger partial charge < -0.3 is 10.1 Å². The molecule has 1 aromatic carbocycles. The van der Waals surface area contributed by atoms with Gasteiger partial charge in [-0.1, -0.05) is 6.07 Å². The zero-order chi connectivity index (χ0) is 13.0. The van der Waals surface area contributed by atoms with Crippen LogP contribution in [0.1, 0.15) is 23.5 Å². The van der Waals surface area contributed by atoms with Gasteiger partial charge in [-0.15, -0.1) is 11.3 Å². The van der Waals surface area contributed by atoms with E-state index >= 15 is 0 Å². The summed E-state index contributed by atoms with van der Waals surface area (Å²) < 4.78 is 19.0. The molecule has 0 aliphatic rings. The molecule has 3 nitrogen and oxygen atoms in total. The number of aromatic nitrogens is 1. The Hall–Kier alpha value is -1.46. The van der Waals surface area contributed by atoms with Crippen LogP contribution < -0.4 is 10.1 Å². The third-order valence-electron chi connectivity index (χ3n) is 2.71. The number of halogens is 1. The summed E-state index contributed by atoms with van der Waals surface area (Å²) >= 11 is 1.58. The van der Waals surface area contributed by atoms with Crippen LogP contribution in [0.2, 0.25) is 0 Å². The van der Waals surface area contributed by atoms with Crippen LogP contribution in [0.5, 0.6) is 5.75 Å². The van der Waals surface area contributed by atoms with Gasteiger partial charge in [-0.3, -0.25) is 0 Å². The number of methoxy groups -OCH3 is 1. The van der Waals surface area contributed by atoms with E-state index in [1.54, 1.807) is 36.8 Å². The fourth-order valence-electron chi connectivity index (χ4n) is 1.80. The SMILES string of the molecule is COc1cccc(F)c1C(C)NCc1nccs1. The molecule has 96 valence electrons. The predicted molar refractivity (Wildman–Crippen MR) is 70.3 cm³/mol. The quantitative estimate of drug-likeness (QED) is 0.902. The number of benzene rings is 1. The number of ether oxygens (including phenoxy) is 1. The maximum absolute atomic E-state index is 13.8. The van der Waals surface area contributed by atoms with Crippen molar-refractivity contribution in [1.29, 1.82) is 0 Å². The van der Waals surface area contributed by atoms with Gasteiger partial charge in [0.25, 0.3) is 0 Å². The van der Waals surface area contributed by atoms with Crippen LogP contribution in [0, 0.1) is 5.82 Å². The lowest BCUT2D eigenvalue weighted by Crippen LogP contribution is -2.19. The van der Waals surface area contributed by atoms with Gasteiger partial charge in [0.05, 0.1) is 7.11 Å². The average Bonchev–Trinajstić information content (AvgIpc) is 2.88. The minimum Gasteiger partial charge on any atom is -0.496 e. The van der Waals surface area contributed by atoms with E-state index in [4.69, 9.17) is 4.74 Å². The standard InChI is InChI=1S/C13H15FN2OS/c1-9(16-8-12-15-6-7-18-12)13-10(14)4-3-5-11(13)17-2/h3-7,9,16H,8H2,1-2H3. The average molecular weight is 266 g/mol. The van der Waals surface area contributed by atoms with Crippen LogP contribution in [-0.4, -0.2) is 12.1 Å². The Morgan fingerprint density at radius 1 is 1.50 bits per heavy atom. The Balaban J connectivity index is 2.10. The van der Waals surface area contributed by atoms with Crippen LogP contribution in [0.4, 0.5) is 4.39 Å². The van der Waals surface area contributed by atoms with Gasteiger partial charge in [0.1, 0.15) is 16.6 Å². The molecular formula is C13H15FN2OS. The van der Waals surface area contributed by atoms with E-state index in [0.29, 0.717) is 17.9 Å². The predicted octanol–water partition coefficient (Wildman–Crippen LogP) is 3.14. The highest BCUT2D eigenvalue weighted by molar-refractivity contribution is 7.09. The number of thiazole rings is 1. The second kappa shape index (κ2) is 5.93. The summed E-state index contributed by atoms with van der Waals surface area (Å²) in [7, 11) is 1.55. The molecule has 18 heavy (non-hydrogen) atoms. The summed E-state index contributed by atoms with van der Waals surface area (Å²) in [6.45, 7) is 2.53. The molecule has 0 amide bonds. The molecule has 0 bridgehead atoms. The van der Waals surface area contributed by atoms with E-state index in [-0.39, 0.29) is 11.9 Å². The molecule has 0 saturated heterocycles. The number of hydrogen-bond donors (Lipinski definition) is 1. The van der Waals surface area contributed by atoms with Gasteiger partial charge in [0, 0.05) is 29.7 Å². The highest BCUT2D eigenvalue weighted by Crippen LogP contribution is 2.27. The van der Waals surface area contributed by atoms with E-state index in [1.807, 2.05) is 12.3 Å². The van der Waals surface area contributed by atoms with Crippen LogP contribution in [-0.2, 0) is 6.54 Å². The molecular weight excluding hydrogens is 251 g/mol. The first-order valence-electron chi connectivity index (χ1n) is 5.66. The third kappa shape index (κ3) is 2.86. The molecule has 0 aliphatic carbocycles. The number of hydrogen-bond acceptors (Lipinski definition) is 4. The van der Waals surface area contributed by atoms with Crippen molar-refractivity contribution < 1.29 is 9.13 Å². The van der Waals surface area contributed by atoms with Gasteiger partial charge in [0.2, 0.25) is 0 Å². The highest BCUT2D eigenvalue weighted by atomic mass is 32.1. The molecule has 5 heteroatoms. The van der Waals surface area contributed by atoms with Crippen LogP contribution in [0.3, 0.4) is 0 Å². The number of rotatable bonds is 5. The summed E-state index contributed by atoms with van der Waals surface area (Å²) in [6, 6.07) is 4.72. The van der Waals surface area contributed by atoms with Crippen molar-refractivity contribution in [3.63, 3.8) is 0 Å². The summed E-state index contributed by atoms with van der Waals surface area (Å²) in [6.07, 6.45) is 1.76. The zero-order valence-corrected chi connectivity index (χ0v) is 11.1. The topological polar surface area (TPSA) is 34.1 Å². The first-order chi connectivity index (χ1) is 8.72. The Morgan fingerprint density at radius 2 is 2.33 bits per heavy atom. The van der Waals surface area contributed by atoms with Gasteiger partial charge >= 0.3 is 0 Å². The van der Waals surface area contributed by atoms with Crippen LogP contribution in [0.15, 0.2) is 29.8 Å². The van der Waals surface area contributed by atoms with E-state index in [2.05, 4.69) is 10.3 Å². The normalized spacial score (nSPS) is 12.4. The van der Waals surface area contributed by atoms with E-state index in [0.717, 1.165) is 5.01 Å². The molecule has 0 aliphatic heterocycles. The maximum Gasteiger partial charge on any atom is 0.131 e. The Labute approximate surface area is 110 Å². The fourth-order valence-corrected chi connectivity index (χ4v) is 2.37. The fraction of sp³-hybridized carbons (Fsp3) is 0.308. The molecule has 0 saturated carbocycles. The Bertz CT molecular complexity index is 502. The van der Waals surface area contributed by atoms with Crippen molar-refractivity contribution in [3.05, 3.63) is 46.2 Å². The van der Waals surface area contributed by atoms with Crippen molar-refractivity contribution in [3.8, 4) is 5.75 Å². The molecule has 2 rings (SSSR count). The van der Waals surface area contributed by atoms with Gasteiger partial charge in [-0.25, -0.2) is 9.37 Å². The van der Waals surface area contributed by atoms with Crippen LogP contribution in [0.25, 0.3) is 0 Å². The lowest BCUT2D eigenvalue weighted by molar-refractivity contribution is 0.393. The Kier molecular flexibility index (Phi) is 4.28. The maximum atomic E-state index is 13.8. The monoisotopic (exact) mass is 266 g/mol. The third-order valence-corrected chi connectivity index (χ3v) is 3.49. The van der Waals surface area contributed by atoms with Gasteiger partial charge in [-0.2, -0.15) is 0 Å². The molecule has 0 fully saturated rings. The Morgan fingerprint density at radius 3 is 3.00 bits per heavy atom. The molecule has 0 radical (unpaired) electrons. The first-order valence-corrected chi connectivity index (χ1v) is 6.54. The molecule has 1 heterocycles. The van der Waals surface area contributed by atoms with Crippen molar-refractivity contribution in [2.45, 2.75) is 19.5 Å². The smallest absolute Gasteiger partial charge is 0.131 e. The van der Waals surface area contributed by atoms with Crippen molar-refractivity contribution in [1.82, 2.24) is 10.3 Å². The molecule has 0 spiro atoms. The zero-order valence-electron chi connectivity index (χ0n) is 10.3. The highest BCUT2D eigenvalue weighted by Gasteiger charge is 2.16. The van der Waals surface area contributed by atoms with Crippen LogP contribution >= 0.6 is 11.3 Å². The number of nitrogens with zero attached hydrogens (tertiary/aromatic N) is 1. The minimum absolute atomic E-state index is 0.134. The number of nitrogens with one attached hydrogen (secondary N) is 1.